The Kier molecular flexibility index (Phi) is 3.77. The van der Waals surface area contributed by atoms with Crippen molar-refractivity contribution in [3.8, 4) is 0 Å². The van der Waals surface area contributed by atoms with E-state index in [9.17, 15) is 19.8 Å². The fourth-order valence-electron chi connectivity index (χ4n) is 2.79. The molecule has 0 aromatic carbocycles. The van der Waals surface area contributed by atoms with Crippen LogP contribution >= 0.6 is 0 Å². The minimum Gasteiger partial charge on any atom is -0.508 e. The van der Waals surface area contributed by atoms with Crippen molar-refractivity contribution in [2.75, 3.05) is 0 Å². The summed E-state index contributed by atoms with van der Waals surface area (Å²) in [6.45, 7) is 4.80. The predicted octanol–water partition coefficient (Wildman–Crippen LogP) is 2.67. The minimum absolute atomic E-state index is 0.0452. The first kappa shape index (κ1) is 15.1. The minimum atomic E-state index is -1.36. The first-order valence-corrected chi connectivity index (χ1v) is 6.72. The number of rotatable bonds is 2. The van der Waals surface area contributed by atoms with Crippen molar-refractivity contribution < 1.29 is 24.5 Å². The molecule has 0 aromatic heterocycles. The fourth-order valence-corrected chi connectivity index (χ4v) is 2.79. The first-order valence-electron chi connectivity index (χ1n) is 6.72. The molecule has 1 aliphatic carbocycles. The van der Waals surface area contributed by atoms with Gasteiger partial charge in [0, 0.05) is 17.1 Å². The van der Waals surface area contributed by atoms with Gasteiger partial charge in [0.1, 0.15) is 11.5 Å². The largest absolute Gasteiger partial charge is 0.508 e. The van der Waals surface area contributed by atoms with Gasteiger partial charge in [-0.3, -0.25) is 9.59 Å². The van der Waals surface area contributed by atoms with Crippen LogP contribution in [0.25, 0.3) is 0 Å². The molecule has 2 N–H and O–H groups in total. The van der Waals surface area contributed by atoms with E-state index < -0.39 is 23.3 Å². The lowest BCUT2D eigenvalue weighted by Gasteiger charge is -2.34. The van der Waals surface area contributed by atoms with Crippen LogP contribution in [0.5, 0.6) is 0 Å². The number of fused-ring (bicyclic) bond motifs is 1. The molecule has 5 nitrogen and oxygen atoms in total. The standard InChI is InChI=1S/C16H18O5/c1-4-5-6-7-11(17)13-10-8-12(18)21-16(10,3)15(20)9(2)14(13)19/h4-7,10,17,19H,8H2,1-3H3/b5-4+,7-6+,13-11+/t10-,16-/m0/s1. The van der Waals surface area contributed by atoms with E-state index in [1.807, 2.05) is 6.92 Å². The molecular formula is C16H18O5. The van der Waals surface area contributed by atoms with Gasteiger partial charge in [-0.15, -0.1) is 0 Å². The van der Waals surface area contributed by atoms with E-state index in [2.05, 4.69) is 0 Å². The van der Waals surface area contributed by atoms with Gasteiger partial charge < -0.3 is 14.9 Å². The van der Waals surface area contributed by atoms with Crippen molar-refractivity contribution in [3.63, 3.8) is 0 Å². The Labute approximate surface area is 122 Å². The molecule has 1 aliphatic heterocycles. The number of ketones is 1. The highest BCUT2D eigenvalue weighted by Gasteiger charge is 2.57. The Hall–Kier alpha value is -2.30. The number of carbonyl (C=O) groups excluding carboxylic acids is 2. The normalized spacial score (nSPS) is 32.0. The Morgan fingerprint density at radius 1 is 1.38 bits per heavy atom. The number of aliphatic hydroxyl groups is 2. The van der Waals surface area contributed by atoms with Crippen LogP contribution in [-0.4, -0.2) is 27.6 Å². The van der Waals surface area contributed by atoms with Crippen LogP contribution in [0.2, 0.25) is 0 Å². The van der Waals surface area contributed by atoms with Crippen LogP contribution < -0.4 is 0 Å². The molecule has 2 rings (SSSR count). The number of hydrogen-bond donors (Lipinski definition) is 2. The third-order valence-corrected chi connectivity index (χ3v) is 3.95. The lowest BCUT2D eigenvalue weighted by Crippen LogP contribution is -2.46. The first-order chi connectivity index (χ1) is 9.82. The number of allylic oxidation sites excluding steroid dienone is 5. The molecule has 1 heterocycles. The van der Waals surface area contributed by atoms with Crippen molar-refractivity contribution >= 4 is 11.8 Å². The zero-order valence-electron chi connectivity index (χ0n) is 12.2. The highest BCUT2D eigenvalue weighted by molar-refractivity contribution is 6.06. The van der Waals surface area contributed by atoms with E-state index in [1.54, 1.807) is 18.2 Å². The van der Waals surface area contributed by atoms with Gasteiger partial charge in [0.25, 0.3) is 0 Å². The summed E-state index contributed by atoms with van der Waals surface area (Å²) in [5.74, 6) is -2.07. The molecule has 0 unspecified atom stereocenters. The zero-order valence-corrected chi connectivity index (χ0v) is 12.2. The zero-order chi connectivity index (χ0) is 15.8. The third kappa shape index (κ3) is 2.28. The number of esters is 1. The molecule has 0 bridgehead atoms. The molecule has 0 aromatic rings. The maximum atomic E-state index is 12.3. The second-order valence-electron chi connectivity index (χ2n) is 5.32. The van der Waals surface area contributed by atoms with E-state index in [0.717, 1.165) is 0 Å². The highest BCUT2D eigenvalue weighted by atomic mass is 16.6. The maximum Gasteiger partial charge on any atom is 0.307 e. The van der Waals surface area contributed by atoms with Gasteiger partial charge in [-0.25, -0.2) is 0 Å². The molecule has 5 heteroatoms. The van der Waals surface area contributed by atoms with E-state index in [0.29, 0.717) is 0 Å². The molecule has 0 radical (unpaired) electrons. The van der Waals surface area contributed by atoms with Gasteiger partial charge >= 0.3 is 5.97 Å². The summed E-state index contributed by atoms with van der Waals surface area (Å²) in [4.78, 5) is 23.9. The van der Waals surface area contributed by atoms with E-state index in [4.69, 9.17) is 4.74 Å². The summed E-state index contributed by atoms with van der Waals surface area (Å²) in [5.41, 5.74) is -1.09. The average Bonchev–Trinajstić information content (AvgIpc) is 2.73. The van der Waals surface area contributed by atoms with E-state index >= 15 is 0 Å². The number of hydrogen-bond acceptors (Lipinski definition) is 5. The van der Waals surface area contributed by atoms with Crippen LogP contribution in [0, 0.1) is 5.92 Å². The predicted molar refractivity (Wildman–Crippen MR) is 76.5 cm³/mol. The summed E-state index contributed by atoms with van der Waals surface area (Å²) < 4.78 is 5.17. The van der Waals surface area contributed by atoms with E-state index in [-0.39, 0.29) is 29.1 Å². The fraction of sp³-hybridized carbons (Fsp3) is 0.375. The molecule has 0 saturated carbocycles. The van der Waals surface area contributed by atoms with Crippen molar-refractivity contribution in [3.05, 3.63) is 47.0 Å². The third-order valence-electron chi connectivity index (χ3n) is 3.95. The maximum absolute atomic E-state index is 12.3. The van der Waals surface area contributed by atoms with Gasteiger partial charge in [-0.05, 0) is 26.8 Å². The summed E-state index contributed by atoms with van der Waals surface area (Å²) in [5, 5.41) is 20.4. The number of Topliss-reactive ketones (excluding diaryl/α,β-unsaturated/α-hetero) is 1. The lowest BCUT2D eigenvalue weighted by atomic mass is 9.72. The Balaban J connectivity index is 2.60. The quantitative estimate of drug-likeness (QED) is 0.464. The van der Waals surface area contributed by atoms with Crippen LogP contribution in [0.1, 0.15) is 27.2 Å². The van der Waals surface area contributed by atoms with Crippen molar-refractivity contribution in [2.45, 2.75) is 32.8 Å². The van der Waals surface area contributed by atoms with Gasteiger partial charge in [0.05, 0.1) is 6.42 Å². The monoisotopic (exact) mass is 290 g/mol. The Morgan fingerprint density at radius 3 is 2.67 bits per heavy atom. The average molecular weight is 290 g/mol. The molecule has 1 saturated heterocycles. The Bertz CT molecular complexity index is 621. The topological polar surface area (TPSA) is 83.8 Å². The van der Waals surface area contributed by atoms with Gasteiger partial charge in [-0.2, -0.15) is 0 Å². The van der Waals surface area contributed by atoms with Gasteiger partial charge in [0.15, 0.2) is 5.60 Å². The molecular weight excluding hydrogens is 272 g/mol. The van der Waals surface area contributed by atoms with Crippen molar-refractivity contribution in [2.24, 2.45) is 5.92 Å². The molecule has 21 heavy (non-hydrogen) atoms. The van der Waals surface area contributed by atoms with Crippen LogP contribution in [0.15, 0.2) is 47.0 Å². The van der Waals surface area contributed by atoms with Crippen LogP contribution in [0.3, 0.4) is 0 Å². The van der Waals surface area contributed by atoms with E-state index in [1.165, 1.54) is 19.9 Å². The number of aliphatic hydroxyl groups excluding tert-OH is 2. The summed E-state index contributed by atoms with van der Waals surface area (Å²) >= 11 is 0. The molecule has 0 spiro atoms. The number of carbonyl (C=O) groups is 2. The summed E-state index contributed by atoms with van der Waals surface area (Å²) in [6, 6.07) is 0. The van der Waals surface area contributed by atoms with Gasteiger partial charge in [0.2, 0.25) is 5.78 Å². The second kappa shape index (κ2) is 5.24. The Morgan fingerprint density at radius 2 is 2.05 bits per heavy atom. The molecule has 112 valence electrons. The second-order valence-corrected chi connectivity index (χ2v) is 5.32. The SMILES string of the molecule is C/C=C/C=C/C(O)=C1\C(O)=C(C)C(=O)[C@@]2(C)OC(=O)C[C@@H]12. The molecule has 2 atom stereocenters. The van der Waals surface area contributed by atoms with Crippen molar-refractivity contribution in [1.29, 1.82) is 0 Å². The summed E-state index contributed by atoms with van der Waals surface area (Å²) in [6.07, 6.45) is 6.48. The lowest BCUT2D eigenvalue weighted by molar-refractivity contribution is -0.155. The molecule has 2 aliphatic rings. The molecule has 0 amide bonds. The van der Waals surface area contributed by atoms with Crippen LogP contribution in [-0.2, 0) is 14.3 Å². The number of ether oxygens (including phenoxy) is 1. The van der Waals surface area contributed by atoms with Crippen LogP contribution in [0.4, 0.5) is 0 Å². The molecule has 1 fully saturated rings. The summed E-state index contributed by atoms with van der Waals surface area (Å²) in [7, 11) is 0. The smallest absolute Gasteiger partial charge is 0.307 e. The van der Waals surface area contributed by atoms with Gasteiger partial charge in [-0.1, -0.05) is 18.2 Å². The highest BCUT2D eigenvalue weighted by Crippen LogP contribution is 2.47. The van der Waals surface area contributed by atoms with Crippen molar-refractivity contribution in [1.82, 2.24) is 0 Å².